The quantitative estimate of drug-likeness (QED) is 0.654. The van der Waals surface area contributed by atoms with Crippen LogP contribution in [0.5, 0.6) is 0 Å². The Kier molecular flexibility index (Phi) is 8.41. The number of anilines is 1. The molecule has 2 amide bonds. The molecule has 1 fully saturated rings. The van der Waals surface area contributed by atoms with E-state index in [1.807, 2.05) is 46.9 Å². The number of benzene rings is 1. The van der Waals surface area contributed by atoms with Crippen LogP contribution < -0.4 is 10.2 Å². The van der Waals surface area contributed by atoms with E-state index in [9.17, 15) is 14.4 Å². The van der Waals surface area contributed by atoms with Crippen molar-refractivity contribution in [2.24, 2.45) is 5.92 Å². The topological polar surface area (TPSA) is 80.2 Å². The van der Waals surface area contributed by atoms with Gasteiger partial charge < -0.3 is 19.9 Å². The first-order chi connectivity index (χ1) is 14.1. The summed E-state index contributed by atoms with van der Waals surface area (Å²) in [5, 5.41) is 3.00. The summed E-state index contributed by atoms with van der Waals surface area (Å²) in [4.78, 5) is 40.0. The molecule has 7 heteroatoms. The van der Waals surface area contributed by atoms with Gasteiger partial charge in [-0.15, -0.1) is 0 Å². The SMILES string of the molecule is CCOC(=O)C1CCN(C(=O)[C@H](C)[NH+](C)CC(=O)Nc2c(C)cc(C)cc2C)CC1. The van der Waals surface area contributed by atoms with Crippen LogP contribution in [-0.4, -0.2) is 62.0 Å². The summed E-state index contributed by atoms with van der Waals surface area (Å²) in [6.07, 6.45) is 1.26. The van der Waals surface area contributed by atoms with Gasteiger partial charge in [0.25, 0.3) is 11.8 Å². The molecule has 166 valence electrons. The smallest absolute Gasteiger partial charge is 0.309 e. The number of hydrogen-bond acceptors (Lipinski definition) is 4. The number of likely N-dealkylation sites (N-methyl/N-ethyl adjacent to an activating group) is 1. The van der Waals surface area contributed by atoms with Gasteiger partial charge in [0.2, 0.25) is 0 Å². The van der Waals surface area contributed by atoms with Crippen molar-refractivity contribution in [3.8, 4) is 0 Å². The second kappa shape index (κ2) is 10.6. The van der Waals surface area contributed by atoms with Crippen molar-refractivity contribution in [3.63, 3.8) is 0 Å². The fourth-order valence-corrected chi connectivity index (χ4v) is 4.05. The van der Waals surface area contributed by atoms with E-state index in [1.54, 1.807) is 11.8 Å². The molecule has 30 heavy (non-hydrogen) atoms. The molecule has 1 heterocycles. The van der Waals surface area contributed by atoms with Crippen molar-refractivity contribution in [3.05, 3.63) is 28.8 Å². The van der Waals surface area contributed by atoms with E-state index in [2.05, 4.69) is 5.32 Å². The summed E-state index contributed by atoms with van der Waals surface area (Å²) in [7, 11) is 1.86. The van der Waals surface area contributed by atoms with Crippen LogP contribution >= 0.6 is 0 Å². The van der Waals surface area contributed by atoms with Crippen LogP contribution in [0.4, 0.5) is 5.69 Å². The lowest BCUT2D eigenvalue weighted by molar-refractivity contribution is -0.886. The zero-order chi connectivity index (χ0) is 22.4. The monoisotopic (exact) mass is 418 g/mol. The highest BCUT2D eigenvalue weighted by Crippen LogP contribution is 2.22. The zero-order valence-corrected chi connectivity index (χ0v) is 19.1. The molecule has 0 aliphatic carbocycles. The van der Waals surface area contributed by atoms with E-state index in [0.717, 1.165) is 27.3 Å². The number of nitrogens with one attached hydrogen (secondary N) is 2. The third-order valence-corrected chi connectivity index (χ3v) is 5.92. The van der Waals surface area contributed by atoms with E-state index in [1.165, 1.54) is 0 Å². The Morgan fingerprint density at radius 1 is 1.17 bits per heavy atom. The fraction of sp³-hybridized carbons (Fsp3) is 0.609. The Balaban J connectivity index is 1.88. The van der Waals surface area contributed by atoms with Crippen LogP contribution in [0.1, 0.15) is 43.4 Å². The van der Waals surface area contributed by atoms with Gasteiger partial charge in [0.15, 0.2) is 12.6 Å². The van der Waals surface area contributed by atoms with E-state index in [4.69, 9.17) is 4.74 Å². The van der Waals surface area contributed by atoms with Gasteiger partial charge in [0.05, 0.1) is 19.6 Å². The van der Waals surface area contributed by atoms with Crippen LogP contribution in [0.15, 0.2) is 12.1 Å². The van der Waals surface area contributed by atoms with Crippen LogP contribution in [-0.2, 0) is 19.1 Å². The van der Waals surface area contributed by atoms with Crippen molar-refractivity contribution >= 4 is 23.5 Å². The predicted molar refractivity (Wildman–Crippen MR) is 116 cm³/mol. The maximum absolute atomic E-state index is 12.9. The van der Waals surface area contributed by atoms with E-state index >= 15 is 0 Å². The Hall–Kier alpha value is -2.41. The molecule has 0 aromatic heterocycles. The Bertz CT molecular complexity index is 762. The fourth-order valence-electron chi connectivity index (χ4n) is 4.05. The van der Waals surface area contributed by atoms with Gasteiger partial charge in [0.1, 0.15) is 0 Å². The molecule has 1 aromatic rings. The average molecular weight is 419 g/mol. The van der Waals surface area contributed by atoms with Crippen molar-refractivity contribution in [1.29, 1.82) is 0 Å². The predicted octanol–water partition coefficient (Wildman–Crippen LogP) is 1.26. The summed E-state index contributed by atoms with van der Waals surface area (Å²) < 4.78 is 5.09. The Morgan fingerprint density at radius 3 is 2.27 bits per heavy atom. The standard InChI is InChI=1S/C23H35N3O4/c1-7-30-23(29)19-8-10-26(11-9-19)22(28)18(5)25(6)14-20(27)24-21-16(3)12-15(2)13-17(21)4/h12-13,18-19H,7-11,14H2,1-6H3,(H,24,27)/p+1/t18-/m0/s1. The summed E-state index contributed by atoms with van der Waals surface area (Å²) in [5.41, 5.74) is 4.08. The second-order valence-corrected chi connectivity index (χ2v) is 8.42. The number of piperidine rings is 1. The molecule has 7 nitrogen and oxygen atoms in total. The molecule has 2 atom stereocenters. The van der Waals surface area contributed by atoms with Gasteiger partial charge in [-0.3, -0.25) is 14.4 Å². The number of ether oxygens (including phenoxy) is 1. The first-order valence-electron chi connectivity index (χ1n) is 10.8. The molecular weight excluding hydrogens is 382 g/mol. The Labute approximate surface area is 179 Å². The first kappa shape index (κ1) is 23.9. The third kappa shape index (κ3) is 6.05. The first-order valence-corrected chi connectivity index (χ1v) is 10.8. The number of rotatable bonds is 7. The highest BCUT2D eigenvalue weighted by Gasteiger charge is 2.33. The molecular formula is C23H36N3O4+. The molecule has 1 aliphatic rings. The number of carbonyl (C=O) groups is 3. The lowest BCUT2D eigenvalue weighted by atomic mass is 9.96. The molecule has 1 unspecified atom stereocenters. The van der Waals surface area contributed by atoms with Crippen LogP contribution in [0.2, 0.25) is 0 Å². The summed E-state index contributed by atoms with van der Waals surface area (Å²) in [6.45, 7) is 11.3. The number of aryl methyl sites for hydroxylation is 3. The number of nitrogens with zero attached hydrogens (tertiary/aromatic N) is 1. The summed E-state index contributed by atoms with van der Waals surface area (Å²) in [5.74, 6) is -0.381. The summed E-state index contributed by atoms with van der Waals surface area (Å²) >= 11 is 0. The van der Waals surface area contributed by atoms with Crippen LogP contribution in [0.25, 0.3) is 0 Å². The van der Waals surface area contributed by atoms with Crippen molar-refractivity contribution in [2.75, 3.05) is 38.6 Å². The Morgan fingerprint density at radius 2 is 1.73 bits per heavy atom. The maximum Gasteiger partial charge on any atom is 0.309 e. The minimum atomic E-state index is -0.338. The third-order valence-electron chi connectivity index (χ3n) is 5.92. The lowest BCUT2D eigenvalue weighted by Crippen LogP contribution is -3.15. The molecule has 2 N–H and O–H groups in total. The number of esters is 1. The van der Waals surface area contributed by atoms with Gasteiger partial charge in [-0.2, -0.15) is 0 Å². The maximum atomic E-state index is 12.9. The summed E-state index contributed by atoms with van der Waals surface area (Å²) in [6, 6.07) is 3.76. The molecule has 1 aromatic carbocycles. The molecule has 0 radical (unpaired) electrons. The molecule has 1 saturated heterocycles. The molecule has 0 bridgehead atoms. The minimum Gasteiger partial charge on any atom is -0.466 e. The molecule has 0 spiro atoms. The minimum absolute atomic E-state index is 0.0188. The van der Waals surface area contributed by atoms with Crippen LogP contribution in [0, 0.1) is 26.7 Å². The number of quaternary nitrogens is 1. The number of amides is 2. The van der Waals surface area contributed by atoms with Gasteiger partial charge in [-0.05, 0) is 58.6 Å². The molecule has 2 rings (SSSR count). The van der Waals surface area contributed by atoms with Crippen molar-refractivity contribution in [1.82, 2.24) is 4.90 Å². The number of likely N-dealkylation sites (tertiary alicyclic amines) is 1. The van der Waals surface area contributed by atoms with E-state index in [0.29, 0.717) is 32.5 Å². The normalized spacial score (nSPS) is 16.7. The van der Waals surface area contributed by atoms with Crippen molar-refractivity contribution < 1.29 is 24.0 Å². The van der Waals surface area contributed by atoms with Crippen molar-refractivity contribution in [2.45, 2.75) is 53.5 Å². The average Bonchev–Trinajstić information content (AvgIpc) is 2.69. The number of carbonyl (C=O) groups excluding carboxylic acids is 3. The van der Waals surface area contributed by atoms with Gasteiger partial charge in [-0.25, -0.2) is 0 Å². The van der Waals surface area contributed by atoms with Gasteiger partial charge in [0, 0.05) is 18.8 Å². The highest BCUT2D eigenvalue weighted by molar-refractivity contribution is 5.93. The van der Waals surface area contributed by atoms with E-state index in [-0.39, 0.29) is 36.3 Å². The molecule has 0 saturated carbocycles. The zero-order valence-electron chi connectivity index (χ0n) is 19.1. The molecule has 1 aliphatic heterocycles. The highest BCUT2D eigenvalue weighted by atomic mass is 16.5. The van der Waals surface area contributed by atoms with E-state index < -0.39 is 0 Å². The largest absolute Gasteiger partial charge is 0.466 e. The van der Waals surface area contributed by atoms with Crippen LogP contribution in [0.3, 0.4) is 0 Å². The van der Waals surface area contributed by atoms with Gasteiger partial charge in [-0.1, -0.05) is 17.7 Å². The lowest BCUT2D eigenvalue weighted by Gasteiger charge is -2.33. The van der Waals surface area contributed by atoms with Gasteiger partial charge >= 0.3 is 5.97 Å². The number of hydrogen-bond donors (Lipinski definition) is 2. The second-order valence-electron chi connectivity index (χ2n) is 8.42.